The molecule has 1 saturated carbocycles. The van der Waals surface area contributed by atoms with E-state index in [1.165, 1.54) is 30.4 Å². The molecule has 0 spiro atoms. The second kappa shape index (κ2) is 7.31. The molecule has 0 saturated heterocycles. The number of rotatable bonds is 5. The Kier molecular flexibility index (Phi) is 5.69. The summed E-state index contributed by atoms with van der Waals surface area (Å²) in [5.41, 5.74) is 2.51. The summed E-state index contributed by atoms with van der Waals surface area (Å²) in [6.07, 6.45) is 4.02. The molecule has 0 radical (unpaired) electrons. The zero-order valence-electron chi connectivity index (χ0n) is 14.3. The molecule has 1 aliphatic rings. The molecular formula is C19H31NO. The fourth-order valence-corrected chi connectivity index (χ4v) is 3.39. The molecule has 21 heavy (non-hydrogen) atoms. The van der Waals surface area contributed by atoms with E-state index in [9.17, 15) is 0 Å². The minimum Gasteiger partial charge on any atom is -0.489 e. The van der Waals surface area contributed by atoms with Crippen LogP contribution in [0, 0.1) is 25.7 Å². The van der Waals surface area contributed by atoms with Crippen LogP contribution in [-0.2, 0) is 0 Å². The van der Waals surface area contributed by atoms with Gasteiger partial charge in [0, 0.05) is 6.04 Å². The third-order valence-electron chi connectivity index (χ3n) is 4.86. The Morgan fingerprint density at radius 1 is 1.24 bits per heavy atom. The molecule has 3 atom stereocenters. The van der Waals surface area contributed by atoms with Crippen LogP contribution in [0.25, 0.3) is 0 Å². The Morgan fingerprint density at radius 2 is 2.00 bits per heavy atom. The molecule has 0 heterocycles. The largest absolute Gasteiger partial charge is 0.489 e. The van der Waals surface area contributed by atoms with Crippen LogP contribution < -0.4 is 10.1 Å². The van der Waals surface area contributed by atoms with Gasteiger partial charge in [-0.1, -0.05) is 32.9 Å². The summed E-state index contributed by atoms with van der Waals surface area (Å²) in [7, 11) is 0. The first-order valence-electron chi connectivity index (χ1n) is 8.48. The highest BCUT2D eigenvalue weighted by Gasteiger charge is 2.33. The molecule has 1 aromatic rings. The van der Waals surface area contributed by atoms with E-state index in [-0.39, 0.29) is 0 Å². The minimum absolute atomic E-state index is 0.298. The van der Waals surface area contributed by atoms with Crippen molar-refractivity contribution in [1.82, 2.24) is 5.32 Å². The average molecular weight is 289 g/mol. The van der Waals surface area contributed by atoms with E-state index in [2.05, 4.69) is 58.1 Å². The van der Waals surface area contributed by atoms with Gasteiger partial charge in [-0.3, -0.25) is 0 Å². The number of likely N-dealkylation sites (N-methyl/N-ethyl adjacent to an activating group) is 1. The van der Waals surface area contributed by atoms with Gasteiger partial charge in [-0.25, -0.2) is 0 Å². The van der Waals surface area contributed by atoms with Crippen LogP contribution in [0.3, 0.4) is 0 Å². The minimum atomic E-state index is 0.298. The predicted octanol–water partition coefficient (Wildman–Crippen LogP) is 4.49. The van der Waals surface area contributed by atoms with Crippen molar-refractivity contribution >= 4 is 0 Å². The topological polar surface area (TPSA) is 21.3 Å². The molecule has 1 aromatic carbocycles. The van der Waals surface area contributed by atoms with E-state index in [0.717, 1.165) is 24.1 Å². The van der Waals surface area contributed by atoms with Gasteiger partial charge < -0.3 is 10.1 Å². The lowest BCUT2D eigenvalue weighted by atomic mass is 9.78. The van der Waals surface area contributed by atoms with E-state index in [4.69, 9.17) is 4.74 Å². The smallest absolute Gasteiger partial charge is 0.122 e. The Balaban J connectivity index is 2.13. The molecule has 0 aliphatic heterocycles. The van der Waals surface area contributed by atoms with Crippen molar-refractivity contribution in [3.63, 3.8) is 0 Å². The SMILES string of the molecule is CCNC1CCC(C(C)C)CC1Oc1cc(C)ccc1C. The van der Waals surface area contributed by atoms with Gasteiger partial charge in [0.2, 0.25) is 0 Å². The van der Waals surface area contributed by atoms with Gasteiger partial charge in [-0.15, -0.1) is 0 Å². The van der Waals surface area contributed by atoms with E-state index >= 15 is 0 Å². The number of hydrogen-bond acceptors (Lipinski definition) is 2. The number of nitrogens with one attached hydrogen (secondary N) is 1. The number of hydrogen-bond donors (Lipinski definition) is 1. The summed E-state index contributed by atoms with van der Waals surface area (Å²) >= 11 is 0. The Morgan fingerprint density at radius 3 is 2.67 bits per heavy atom. The van der Waals surface area contributed by atoms with Gasteiger partial charge >= 0.3 is 0 Å². The second-order valence-corrected chi connectivity index (χ2v) is 6.91. The lowest BCUT2D eigenvalue weighted by Gasteiger charge is -2.38. The third kappa shape index (κ3) is 4.23. The van der Waals surface area contributed by atoms with Gasteiger partial charge in [-0.2, -0.15) is 0 Å². The standard InChI is InChI=1S/C19H31NO/c1-6-20-17-10-9-16(13(2)3)12-19(17)21-18-11-14(4)7-8-15(18)5/h7-8,11,13,16-17,19-20H,6,9-10,12H2,1-5H3. The maximum atomic E-state index is 6.45. The van der Waals surface area contributed by atoms with Gasteiger partial charge in [0.1, 0.15) is 11.9 Å². The first kappa shape index (κ1) is 16.4. The molecule has 1 aliphatic carbocycles. The number of benzene rings is 1. The van der Waals surface area contributed by atoms with E-state index in [1.807, 2.05) is 0 Å². The maximum absolute atomic E-state index is 6.45. The first-order valence-corrected chi connectivity index (χ1v) is 8.48. The van der Waals surface area contributed by atoms with Crippen molar-refractivity contribution in [2.24, 2.45) is 11.8 Å². The Hall–Kier alpha value is -1.02. The molecule has 1 N–H and O–H groups in total. The van der Waals surface area contributed by atoms with Crippen LogP contribution in [0.15, 0.2) is 18.2 Å². The van der Waals surface area contributed by atoms with Crippen LogP contribution >= 0.6 is 0 Å². The van der Waals surface area contributed by atoms with Crippen LogP contribution in [0.1, 0.15) is 51.2 Å². The van der Waals surface area contributed by atoms with Gasteiger partial charge in [0.05, 0.1) is 0 Å². The third-order valence-corrected chi connectivity index (χ3v) is 4.86. The normalized spacial score (nSPS) is 26.1. The van der Waals surface area contributed by atoms with E-state index in [0.29, 0.717) is 12.1 Å². The first-order chi connectivity index (χ1) is 10.0. The molecule has 3 unspecified atom stereocenters. The summed E-state index contributed by atoms with van der Waals surface area (Å²) < 4.78 is 6.45. The predicted molar refractivity (Wildman–Crippen MR) is 90.0 cm³/mol. The van der Waals surface area contributed by atoms with Gasteiger partial charge in [0.15, 0.2) is 0 Å². The van der Waals surface area contributed by atoms with Crippen LogP contribution in [-0.4, -0.2) is 18.7 Å². The number of aryl methyl sites for hydroxylation is 2. The van der Waals surface area contributed by atoms with Crippen LogP contribution in [0.2, 0.25) is 0 Å². The highest BCUT2D eigenvalue weighted by molar-refractivity contribution is 5.36. The molecule has 2 heteroatoms. The van der Waals surface area contributed by atoms with Crippen molar-refractivity contribution in [2.45, 2.75) is 66.0 Å². The monoisotopic (exact) mass is 289 g/mol. The molecule has 2 rings (SSSR count). The Labute approximate surface area is 130 Å². The lowest BCUT2D eigenvalue weighted by molar-refractivity contribution is 0.0720. The molecule has 1 fully saturated rings. The second-order valence-electron chi connectivity index (χ2n) is 6.91. The van der Waals surface area contributed by atoms with Crippen molar-refractivity contribution in [3.05, 3.63) is 29.3 Å². The molecule has 2 nitrogen and oxygen atoms in total. The van der Waals surface area contributed by atoms with Crippen LogP contribution in [0.4, 0.5) is 0 Å². The zero-order chi connectivity index (χ0) is 15.4. The maximum Gasteiger partial charge on any atom is 0.122 e. The molecule has 0 bridgehead atoms. The van der Waals surface area contributed by atoms with Crippen molar-refractivity contribution in [2.75, 3.05) is 6.54 Å². The highest BCUT2D eigenvalue weighted by atomic mass is 16.5. The van der Waals surface area contributed by atoms with Crippen molar-refractivity contribution < 1.29 is 4.74 Å². The fraction of sp³-hybridized carbons (Fsp3) is 0.684. The summed E-state index contributed by atoms with van der Waals surface area (Å²) in [6.45, 7) is 12.2. The van der Waals surface area contributed by atoms with Gasteiger partial charge in [0.25, 0.3) is 0 Å². The van der Waals surface area contributed by atoms with Crippen molar-refractivity contribution in [3.8, 4) is 5.75 Å². The molecule has 0 amide bonds. The summed E-state index contributed by atoms with van der Waals surface area (Å²) in [5.74, 6) is 2.60. The van der Waals surface area contributed by atoms with Gasteiger partial charge in [-0.05, 0) is 68.7 Å². The summed E-state index contributed by atoms with van der Waals surface area (Å²) in [6, 6.07) is 6.99. The van der Waals surface area contributed by atoms with E-state index < -0.39 is 0 Å². The Bertz CT molecular complexity index is 455. The van der Waals surface area contributed by atoms with Crippen LogP contribution in [0.5, 0.6) is 5.75 Å². The highest BCUT2D eigenvalue weighted by Crippen LogP contribution is 2.33. The number of ether oxygens (including phenoxy) is 1. The average Bonchev–Trinajstić information content (AvgIpc) is 2.44. The van der Waals surface area contributed by atoms with E-state index in [1.54, 1.807) is 0 Å². The lowest BCUT2D eigenvalue weighted by Crippen LogP contribution is -2.47. The molecule has 0 aromatic heterocycles. The zero-order valence-corrected chi connectivity index (χ0v) is 14.3. The molecular weight excluding hydrogens is 258 g/mol. The quantitative estimate of drug-likeness (QED) is 0.862. The summed E-state index contributed by atoms with van der Waals surface area (Å²) in [5, 5.41) is 3.62. The fourth-order valence-electron chi connectivity index (χ4n) is 3.39. The summed E-state index contributed by atoms with van der Waals surface area (Å²) in [4.78, 5) is 0. The molecule has 118 valence electrons. The van der Waals surface area contributed by atoms with Crippen molar-refractivity contribution in [1.29, 1.82) is 0 Å².